The van der Waals surface area contributed by atoms with E-state index >= 15 is 0 Å². The lowest BCUT2D eigenvalue weighted by atomic mass is 10.1. The van der Waals surface area contributed by atoms with Crippen molar-refractivity contribution >= 4 is 23.4 Å². The molecule has 2 aromatic rings. The van der Waals surface area contributed by atoms with Crippen LogP contribution in [0.25, 0.3) is 0 Å². The summed E-state index contributed by atoms with van der Waals surface area (Å²) in [6.07, 6.45) is 2.71. The van der Waals surface area contributed by atoms with Gasteiger partial charge in [0.1, 0.15) is 11.4 Å². The second-order valence-electron chi connectivity index (χ2n) is 6.80. The van der Waals surface area contributed by atoms with Crippen LogP contribution >= 0.6 is 0 Å². The summed E-state index contributed by atoms with van der Waals surface area (Å²) in [5.41, 5.74) is 1.70. The standard InChI is InChI=1S/C20H27N5O3/c1-24(2)19-17(14-21-20(23-19)25-10-12-28-13-11-25)22-18(26)9-6-15-4-7-16(27-3)8-5-15/h4-5,7-8,14H,6,9-13H2,1-3H3,(H,22,26). The second-order valence-corrected chi connectivity index (χ2v) is 6.80. The molecule has 2 heterocycles. The number of methoxy groups -OCH3 is 1. The van der Waals surface area contributed by atoms with Gasteiger partial charge in [-0.1, -0.05) is 12.1 Å². The third-order valence-corrected chi connectivity index (χ3v) is 4.55. The van der Waals surface area contributed by atoms with Gasteiger partial charge in [0.2, 0.25) is 11.9 Å². The maximum absolute atomic E-state index is 12.4. The molecule has 0 radical (unpaired) electrons. The molecule has 1 aliphatic rings. The molecule has 28 heavy (non-hydrogen) atoms. The average Bonchev–Trinajstić information content (AvgIpc) is 2.73. The van der Waals surface area contributed by atoms with E-state index in [1.807, 2.05) is 43.3 Å². The summed E-state index contributed by atoms with van der Waals surface area (Å²) >= 11 is 0. The molecular weight excluding hydrogens is 358 g/mol. The lowest BCUT2D eigenvalue weighted by molar-refractivity contribution is -0.116. The number of nitrogens with one attached hydrogen (secondary N) is 1. The largest absolute Gasteiger partial charge is 0.497 e. The minimum absolute atomic E-state index is 0.0679. The van der Waals surface area contributed by atoms with Crippen LogP contribution in [0.4, 0.5) is 17.5 Å². The Morgan fingerprint density at radius 1 is 1.25 bits per heavy atom. The summed E-state index contributed by atoms with van der Waals surface area (Å²) in [6.45, 7) is 2.87. The fourth-order valence-corrected chi connectivity index (χ4v) is 2.97. The van der Waals surface area contributed by atoms with Gasteiger partial charge in [0, 0.05) is 33.6 Å². The third kappa shape index (κ3) is 5.10. The van der Waals surface area contributed by atoms with Crippen molar-refractivity contribution in [3.05, 3.63) is 36.0 Å². The molecule has 0 aliphatic carbocycles. The van der Waals surface area contributed by atoms with Gasteiger partial charge in [-0.3, -0.25) is 4.79 Å². The van der Waals surface area contributed by atoms with E-state index in [0.717, 1.165) is 24.4 Å². The van der Waals surface area contributed by atoms with Gasteiger partial charge in [-0.15, -0.1) is 0 Å². The molecular formula is C20H27N5O3. The van der Waals surface area contributed by atoms with Gasteiger partial charge < -0.3 is 24.6 Å². The SMILES string of the molecule is COc1ccc(CCC(=O)Nc2cnc(N3CCOCC3)nc2N(C)C)cc1. The molecule has 0 bridgehead atoms. The normalized spacial score (nSPS) is 13.9. The first-order chi connectivity index (χ1) is 13.6. The minimum Gasteiger partial charge on any atom is -0.497 e. The van der Waals surface area contributed by atoms with Crippen LogP contribution in [0.3, 0.4) is 0 Å². The molecule has 0 atom stereocenters. The van der Waals surface area contributed by atoms with Gasteiger partial charge in [0.15, 0.2) is 5.82 Å². The van der Waals surface area contributed by atoms with Gasteiger partial charge in [-0.25, -0.2) is 4.98 Å². The van der Waals surface area contributed by atoms with E-state index in [0.29, 0.717) is 43.5 Å². The van der Waals surface area contributed by atoms with Gasteiger partial charge in [-0.05, 0) is 24.1 Å². The Bertz CT molecular complexity index is 789. The molecule has 1 N–H and O–H groups in total. The van der Waals surface area contributed by atoms with Crippen LogP contribution in [0.2, 0.25) is 0 Å². The van der Waals surface area contributed by atoms with Gasteiger partial charge in [-0.2, -0.15) is 4.98 Å². The van der Waals surface area contributed by atoms with Crippen molar-refractivity contribution in [2.75, 3.05) is 62.6 Å². The Kier molecular flexibility index (Phi) is 6.65. The Balaban J connectivity index is 1.63. The van der Waals surface area contributed by atoms with E-state index in [4.69, 9.17) is 9.47 Å². The predicted molar refractivity (Wildman–Crippen MR) is 109 cm³/mol. The second kappa shape index (κ2) is 9.36. The van der Waals surface area contributed by atoms with Crippen molar-refractivity contribution in [1.82, 2.24) is 9.97 Å². The van der Waals surface area contributed by atoms with E-state index in [9.17, 15) is 4.79 Å². The topological polar surface area (TPSA) is 79.8 Å². The molecule has 1 saturated heterocycles. The maximum Gasteiger partial charge on any atom is 0.227 e. The number of carbonyl (C=O) groups excluding carboxylic acids is 1. The molecule has 8 heteroatoms. The first-order valence-electron chi connectivity index (χ1n) is 9.36. The quantitative estimate of drug-likeness (QED) is 0.780. The summed E-state index contributed by atoms with van der Waals surface area (Å²) in [6, 6.07) is 7.74. The Labute approximate surface area is 165 Å². The molecule has 1 amide bonds. The average molecular weight is 385 g/mol. The number of hydrogen-bond acceptors (Lipinski definition) is 7. The lowest BCUT2D eigenvalue weighted by Gasteiger charge is -2.28. The lowest BCUT2D eigenvalue weighted by Crippen LogP contribution is -2.37. The highest BCUT2D eigenvalue weighted by Gasteiger charge is 2.18. The Morgan fingerprint density at radius 2 is 1.96 bits per heavy atom. The van der Waals surface area contributed by atoms with Crippen LogP contribution in [0, 0.1) is 0 Å². The van der Waals surface area contributed by atoms with Crippen LogP contribution in [-0.2, 0) is 16.0 Å². The van der Waals surface area contributed by atoms with E-state index in [2.05, 4.69) is 20.2 Å². The van der Waals surface area contributed by atoms with Gasteiger partial charge >= 0.3 is 0 Å². The number of amides is 1. The zero-order valence-corrected chi connectivity index (χ0v) is 16.6. The van der Waals surface area contributed by atoms with Crippen molar-refractivity contribution < 1.29 is 14.3 Å². The number of benzene rings is 1. The Morgan fingerprint density at radius 3 is 2.61 bits per heavy atom. The molecule has 0 unspecified atom stereocenters. The fraction of sp³-hybridized carbons (Fsp3) is 0.450. The van der Waals surface area contributed by atoms with E-state index < -0.39 is 0 Å². The van der Waals surface area contributed by atoms with E-state index in [1.54, 1.807) is 13.3 Å². The van der Waals surface area contributed by atoms with Crippen molar-refractivity contribution in [2.24, 2.45) is 0 Å². The molecule has 150 valence electrons. The molecule has 0 spiro atoms. The summed E-state index contributed by atoms with van der Waals surface area (Å²) in [5.74, 6) is 2.08. The summed E-state index contributed by atoms with van der Waals surface area (Å²) in [4.78, 5) is 25.5. The summed E-state index contributed by atoms with van der Waals surface area (Å²) in [7, 11) is 5.44. The number of aryl methyl sites for hydroxylation is 1. The Hall–Kier alpha value is -2.87. The number of aromatic nitrogens is 2. The number of hydrogen-bond donors (Lipinski definition) is 1. The fourth-order valence-electron chi connectivity index (χ4n) is 2.97. The number of nitrogens with zero attached hydrogens (tertiary/aromatic N) is 4. The highest BCUT2D eigenvalue weighted by atomic mass is 16.5. The molecule has 0 saturated carbocycles. The monoisotopic (exact) mass is 385 g/mol. The zero-order valence-electron chi connectivity index (χ0n) is 16.6. The van der Waals surface area contributed by atoms with Crippen LogP contribution in [0.5, 0.6) is 5.75 Å². The van der Waals surface area contributed by atoms with Crippen LogP contribution in [0.15, 0.2) is 30.5 Å². The molecule has 1 fully saturated rings. The predicted octanol–water partition coefficient (Wildman–Crippen LogP) is 1.96. The first kappa shape index (κ1) is 19.9. The minimum atomic E-state index is -0.0679. The first-order valence-corrected chi connectivity index (χ1v) is 9.36. The molecule has 1 aromatic carbocycles. The van der Waals surface area contributed by atoms with Gasteiger partial charge in [0.05, 0.1) is 26.5 Å². The number of morpholine rings is 1. The van der Waals surface area contributed by atoms with Crippen molar-refractivity contribution in [3.63, 3.8) is 0 Å². The molecule has 3 rings (SSSR count). The van der Waals surface area contributed by atoms with E-state index in [1.165, 1.54) is 0 Å². The third-order valence-electron chi connectivity index (χ3n) is 4.55. The molecule has 1 aliphatic heterocycles. The van der Waals surface area contributed by atoms with Crippen LogP contribution < -0.4 is 19.9 Å². The highest BCUT2D eigenvalue weighted by Crippen LogP contribution is 2.24. The number of carbonyl (C=O) groups is 1. The van der Waals surface area contributed by atoms with E-state index in [-0.39, 0.29) is 5.91 Å². The smallest absolute Gasteiger partial charge is 0.227 e. The number of ether oxygens (including phenoxy) is 2. The van der Waals surface area contributed by atoms with Crippen molar-refractivity contribution in [3.8, 4) is 5.75 Å². The number of rotatable bonds is 7. The summed E-state index contributed by atoms with van der Waals surface area (Å²) < 4.78 is 10.5. The highest BCUT2D eigenvalue weighted by molar-refractivity contribution is 5.93. The zero-order chi connectivity index (χ0) is 19.9. The van der Waals surface area contributed by atoms with Crippen molar-refractivity contribution in [2.45, 2.75) is 12.8 Å². The van der Waals surface area contributed by atoms with Gasteiger partial charge in [0.25, 0.3) is 0 Å². The summed E-state index contributed by atoms with van der Waals surface area (Å²) in [5, 5.41) is 2.94. The van der Waals surface area contributed by atoms with Crippen molar-refractivity contribution in [1.29, 1.82) is 0 Å². The maximum atomic E-state index is 12.4. The molecule has 1 aromatic heterocycles. The number of anilines is 3. The molecule has 8 nitrogen and oxygen atoms in total. The van der Waals surface area contributed by atoms with Crippen LogP contribution in [-0.4, -0.2) is 63.4 Å². The van der Waals surface area contributed by atoms with Crippen LogP contribution in [0.1, 0.15) is 12.0 Å².